The molecule has 1 heterocycles. The first-order valence-electron chi connectivity index (χ1n) is 3.29. The molecule has 0 aromatic heterocycles. The molecular weight excluding hydrogens is 168 g/mol. The number of aliphatic hydroxyl groups is 3. The summed E-state index contributed by atoms with van der Waals surface area (Å²) >= 11 is 0. The Morgan fingerprint density at radius 2 is 1.83 bits per heavy atom. The van der Waals surface area contributed by atoms with Gasteiger partial charge in [-0.3, -0.25) is 4.79 Å². The van der Waals surface area contributed by atoms with E-state index < -0.39 is 36.7 Å². The quantitative estimate of drug-likeness (QED) is 0.272. The normalized spacial score (nSPS) is 37.4. The Balaban J connectivity index is 2.82. The number of rotatable bonds is 0. The number of carbonyl (C=O) groups is 2. The van der Waals surface area contributed by atoms with Crippen molar-refractivity contribution in [3.05, 3.63) is 0 Å². The fraction of sp³-hybridized carbons (Fsp3) is 0.667. The smallest absolute Gasteiger partial charge is 0.377 e. The van der Waals surface area contributed by atoms with E-state index in [1.807, 2.05) is 0 Å². The second-order valence-electron chi connectivity index (χ2n) is 2.47. The fourth-order valence-corrected chi connectivity index (χ4v) is 0.817. The number of Topliss-reactive ketones (excluding diaryl/α,β-unsaturated/α-hetero) is 1. The molecule has 1 saturated heterocycles. The standard InChI is InChI=1S/C6H8O6/c7-2-1-12-6(11)5(10)4(9)3(2)8/h2-4,7-9H,1H2/t2-,3+,4-/m0/s1. The van der Waals surface area contributed by atoms with Crippen LogP contribution in [0.1, 0.15) is 0 Å². The molecule has 12 heavy (non-hydrogen) atoms. The zero-order valence-electron chi connectivity index (χ0n) is 6.01. The second kappa shape index (κ2) is 3.18. The Morgan fingerprint density at radius 3 is 2.42 bits per heavy atom. The topological polar surface area (TPSA) is 104 Å². The lowest BCUT2D eigenvalue weighted by Crippen LogP contribution is -2.42. The van der Waals surface area contributed by atoms with E-state index in [0.29, 0.717) is 0 Å². The van der Waals surface area contributed by atoms with Crippen LogP contribution in [-0.2, 0) is 14.3 Å². The SMILES string of the molecule is O=C1OC[C@H](O)[C@@H](O)[C@H](O)C1=O. The molecule has 1 aliphatic heterocycles. The van der Waals surface area contributed by atoms with Crippen LogP contribution >= 0.6 is 0 Å². The molecule has 3 N–H and O–H groups in total. The summed E-state index contributed by atoms with van der Waals surface area (Å²) in [6.45, 7) is -0.483. The van der Waals surface area contributed by atoms with Crippen molar-refractivity contribution in [3.8, 4) is 0 Å². The summed E-state index contributed by atoms with van der Waals surface area (Å²) in [5.74, 6) is -2.47. The largest absolute Gasteiger partial charge is 0.457 e. The maximum Gasteiger partial charge on any atom is 0.377 e. The van der Waals surface area contributed by atoms with Gasteiger partial charge in [0.1, 0.15) is 18.8 Å². The van der Waals surface area contributed by atoms with Crippen molar-refractivity contribution in [2.24, 2.45) is 0 Å². The van der Waals surface area contributed by atoms with Crippen molar-refractivity contribution < 1.29 is 29.6 Å². The number of ether oxygens (including phenoxy) is 1. The monoisotopic (exact) mass is 176 g/mol. The highest BCUT2D eigenvalue weighted by molar-refractivity contribution is 6.35. The molecule has 0 radical (unpaired) electrons. The van der Waals surface area contributed by atoms with Crippen molar-refractivity contribution >= 4 is 11.8 Å². The molecule has 0 saturated carbocycles. The molecule has 0 spiro atoms. The van der Waals surface area contributed by atoms with Gasteiger partial charge >= 0.3 is 5.97 Å². The van der Waals surface area contributed by atoms with Gasteiger partial charge in [0, 0.05) is 0 Å². The summed E-state index contributed by atoms with van der Waals surface area (Å²) in [4.78, 5) is 21.3. The Kier molecular flexibility index (Phi) is 2.41. The van der Waals surface area contributed by atoms with Gasteiger partial charge in [0.05, 0.1) is 0 Å². The van der Waals surface area contributed by atoms with Gasteiger partial charge < -0.3 is 20.1 Å². The molecule has 0 bridgehead atoms. The molecule has 1 rings (SSSR count). The van der Waals surface area contributed by atoms with Crippen LogP contribution in [0.15, 0.2) is 0 Å². The van der Waals surface area contributed by atoms with E-state index >= 15 is 0 Å². The van der Waals surface area contributed by atoms with Gasteiger partial charge in [0.2, 0.25) is 0 Å². The first kappa shape index (κ1) is 9.11. The number of hydrogen-bond acceptors (Lipinski definition) is 6. The minimum absolute atomic E-state index is 0.483. The first-order chi connectivity index (χ1) is 5.54. The Bertz CT molecular complexity index is 212. The van der Waals surface area contributed by atoms with E-state index in [9.17, 15) is 9.59 Å². The van der Waals surface area contributed by atoms with Crippen LogP contribution in [0, 0.1) is 0 Å². The average Bonchev–Trinajstić information content (AvgIpc) is 2.14. The van der Waals surface area contributed by atoms with Crippen LogP contribution in [-0.4, -0.2) is 52.0 Å². The van der Waals surface area contributed by atoms with Crippen molar-refractivity contribution in [1.29, 1.82) is 0 Å². The maximum atomic E-state index is 10.7. The van der Waals surface area contributed by atoms with Gasteiger partial charge in [-0.05, 0) is 0 Å². The van der Waals surface area contributed by atoms with Crippen LogP contribution in [0.5, 0.6) is 0 Å². The average molecular weight is 176 g/mol. The van der Waals surface area contributed by atoms with Crippen molar-refractivity contribution in [1.82, 2.24) is 0 Å². The van der Waals surface area contributed by atoms with Crippen LogP contribution in [0.25, 0.3) is 0 Å². The van der Waals surface area contributed by atoms with Gasteiger partial charge in [-0.25, -0.2) is 4.79 Å². The highest BCUT2D eigenvalue weighted by Gasteiger charge is 2.38. The first-order valence-corrected chi connectivity index (χ1v) is 3.29. The van der Waals surface area contributed by atoms with Gasteiger partial charge in [-0.1, -0.05) is 0 Å². The molecule has 6 nitrogen and oxygen atoms in total. The molecule has 6 heteroatoms. The van der Waals surface area contributed by atoms with E-state index in [4.69, 9.17) is 15.3 Å². The predicted molar refractivity (Wildman–Crippen MR) is 34.0 cm³/mol. The van der Waals surface area contributed by atoms with E-state index in [1.54, 1.807) is 0 Å². The third-order valence-corrected chi connectivity index (χ3v) is 1.57. The molecule has 0 amide bonds. The molecule has 1 fully saturated rings. The molecule has 3 atom stereocenters. The lowest BCUT2D eigenvalue weighted by atomic mass is 10.1. The molecule has 0 aliphatic carbocycles. The van der Waals surface area contributed by atoms with Gasteiger partial charge in [0.25, 0.3) is 5.78 Å². The van der Waals surface area contributed by atoms with Crippen LogP contribution in [0.4, 0.5) is 0 Å². The number of hydrogen-bond donors (Lipinski definition) is 3. The van der Waals surface area contributed by atoms with Gasteiger partial charge in [0.15, 0.2) is 6.10 Å². The number of ketones is 1. The third kappa shape index (κ3) is 1.45. The lowest BCUT2D eigenvalue weighted by molar-refractivity contribution is -0.156. The molecule has 0 aromatic rings. The highest BCUT2D eigenvalue weighted by Crippen LogP contribution is 2.07. The summed E-state index contributed by atoms with van der Waals surface area (Å²) in [5, 5.41) is 26.8. The Morgan fingerprint density at radius 1 is 1.25 bits per heavy atom. The summed E-state index contributed by atoms with van der Waals surface area (Å²) < 4.78 is 4.21. The summed E-state index contributed by atoms with van der Waals surface area (Å²) in [7, 11) is 0. The number of cyclic esters (lactones) is 1. The molecule has 0 unspecified atom stereocenters. The van der Waals surface area contributed by atoms with E-state index in [1.165, 1.54) is 0 Å². The van der Waals surface area contributed by atoms with E-state index in [2.05, 4.69) is 4.74 Å². The zero-order chi connectivity index (χ0) is 9.30. The number of esters is 1. The van der Waals surface area contributed by atoms with Crippen LogP contribution in [0.2, 0.25) is 0 Å². The van der Waals surface area contributed by atoms with E-state index in [0.717, 1.165) is 0 Å². The summed E-state index contributed by atoms with van der Waals surface area (Å²) in [6.07, 6.45) is -4.98. The van der Waals surface area contributed by atoms with Crippen LogP contribution in [0.3, 0.4) is 0 Å². The van der Waals surface area contributed by atoms with Crippen molar-refractivity contribution in [2.75, 3.05) is 6.61 Å². The molecule has 1 aliphatic rings. The lowest BCUT2D eigenvalue weighted by Gasteiger charge is -2.15. The zero-order valence-corrected chi connectivity index (χ0v) is 6.01. The number of carbonyl (C=O) groups excluding carboxylic acids is 2. The minimum atomic E-state index is -1.89. The predicted octanol–water partition coefficient (Wildman–Crippen LogP) is -2.81. The molecule has 68 valence electrons. The second-order valence-corrected chi connectivity index (χ2v) is 2.47. The summed E-state index contributed by atoms with van der Waals surface area (Å²) in [6, 6.07) is 0. The third-order valence-electron chi connectivity index (χ3n) is 1.57. The molecule has 0 aromatic carbocycles. The Labute approximate surface area is 67.4 Å². The van der Waals surface area contributed by atoms with Gasteiger partial charge in [-0.15, -0.1) is 0 Å². The summed E-state index contributed by atoms with van der Waals surface area (Å²) in [5.41, 5.74) is 0. The minimum Gasteiger partial charge on any atom is -0.457 e. The molecular formula is C6H8O6. The van der Waals surface area contributed by atoms with Crippen molar-refractivity contribution in [2.45, 2.75) is 18.3 Å². The van der Waals surface area contributed by atoms with Crippen LogP contribution < -0.4 is 0 Å². The van der Waals surface area contributed by atoms with Gasteiger partial charge in [-0.2, -0.15) is 0 Å². The Hall–Kier alpha value is -0.980. The highest BCUT2D eigenvalue weighted by atomic mass is 16.6. The fourth-order valence-electron chi connectivity index (χ4n) is 0.817. The maximum absolute atomic E-state index is 10.7. The van der Waals surface area contributed by atoms with Crippen molar-refractivity contribution in [3.63, 3.8) is 0 Å². The number of aliphatic hydroxyl groups excluding tert-OH is 3. The van der Waals surface area contributed by atoms with E-state index in [-0.39, 0.29) is 0 Å².